The van der Waals surface area contributed by atoms with Crippen molar-refractivity contribution >= 4 is 16.9 Å². The van der Waals surface area contributed by atoms with Gasteiger partial charge in [0.05, 0.1) is 35.6 Å². The number of hydrogen-bond acceptors (Lipinski definition) is 7. The number of pyridine rings is 2. The molecule has 0 amide bonds. The number of halogens is 1. The standard InChI is InChI=1S/C26H26FN3O5/c1-12-13-4-5-25(2,28-6-7-31)21-14-10-30-19(22(14)29-18(20(13)21)9-17(12)27)8-16-15(23(30)32)11-35-24(33)26(16,3)34/h8-9,28,31,34H,4-7,10-11H2,1-3H3. The van der Waals surface area contributed by atoms with Gasteiger partial charge in [0.1, 0.15) is 12.4 Å². The van der Waals surface area contributed by atoms with Gasteiger partial charge in [0.25, 0.3) is 5.56 Å². The summed E-state index contributed by atoms with van der Waals surface area (Å²) >= 11 is 0. The molecule has 0 radical (unpaired) electrons. The van der Waals surface area contributed by atoms with Crippen LogP contribution in [-0.2, 0) is 40.2 Å². The number of carbonyl (C=O) groups excluding carboxylic acids is 1. The van der Waals surface area contributed by atoms with Crippen LogP contribution in [0.3, 0.4) is 0 Å². The molecule has 6 rings (SSSR count). The largest absolute Gasteiger partial charge is 0.458 e. The highest BCUT2D eigenvalue weighted by atomic mass is 19.1. The quantitative estimate of drug-likeness (QED) is 0.385. The summed E-state index contributed by atoms with van der Waals surface area (Å²) < 4.78 is 21.6. The number of aromatic nitrogens is 2. The van der Waals surface area contributed by atoms with E-state index in [1.807, 2.05) is 0 Å². The molecule has 3 aromatic rings. The van der Waals surface area contributed by atoms with Gasteiger partial charge < -0.3 is 24.8 Å². The number of rotatable bonds is 3. The molecular weight excluding hydrogens is 453 g/mol. The first-order valence-corrected chi connectivity index (χ1v) is 11.8. The van der Waals surface area contributed by atoms with E-state index >= 15 is 0 Å². The maximum Gasteiger partial charge on any atom is 0.342 e. The number of cyclic esters (lactones) is 1. The van der Waals surface area contributed by atoms with Gasteiger partial charge in [-0.1, -0.05) is 0 Å². The number of benzene rings is 1. The molecule has 2 unspecified atom stereocenters. The van der Waals surface area contributed by atoms with Gasteiger partial charge >= 0.3 is 5.97 Å². The molecule has 0 fully saturated rings. The van der Waals surface area contributed by atoms with Crippen LogP contribution in [0.25, 0.3) is 22.3 Å². The van der Waals surface area contributed by atoms with Crippen LogP contribution in [0.1, 0.15) is 53.6 Å². The van der Waals surface area contributed by atoms with Crippen molar-refractivity contribution in [2.75, 3.05) is 13.2 Å². The lowest BCUT2D eigenvalue weighted by Crippen LogP contribution is -2.44. The topological polar surface area (TPSA) is 114 Å². The summed E-state index contributed by atoms with van der Waals surface area (Å²) in [5.41, 5.74) is 2.46. The molecule has 2 atom stereocenters. The molecule has 9 heteroatoms. The summed E-state index contributed by atoms with van der Waals surface area (Å²) in [6.45, 7) is 5.57. The fourth-order valence-electron chi connectivity index (χ4n) is 6.07. The molecule has 182 valence electrons. The molecule has 8 nitrogen and oxygen atoms in total. The monoisotopic (exact) mass is 479 g/mol. The number of nitrogens with zero attached hydrogens (tertiary/aromatic N) is 2. The highest BCUT2D eigenvalue weighted by Gasteiger charge is 2.44. The molecule has 0 bridgehead atoms. The number of carbonyl (C=O) groups is 1. The van der Waals surface area contributed by atoms with Crippen LogP contribution in [0, 0.1) is 12.7 Å². The van der Waals surface area contributed by atoms with Crippen LogP contribution < -0.4 is 10.9 Å². The van der Waals surface area contributed by atoms with Crippen LogP contribution >= 0.6 is 0 Å². The average molecular weight is 480 g/mol. The predicted molar refractivity (Wildman–Crippen MR) is 125 cm³/mol. The number of ether oxygens (including phenoxy) is 1. The summed E-state index contributed by atoms with van der Waals surface area (Å²) in [6, 6.07) is 3.07. The summed E-state index contributed by atoms with van der Waals surface area (Å²) in [4.78, 5) is 30.6. The SMILES string of the molecule is Cc1c(F)cc2nc3c(c4c2c1CCC4(C)NCCO)Cn1c-3cc2c(c1=O)COC(=O)C2(C)O. The van der Waals surface area contributed by atoms with E-state index in [4.69, 9.17) is 9.72 Å². The Bertz CT molecular complexity index is 1530. The molecule has 0 saturated carbocycles. The van der Waals surface area contributed by atoms with Crippen molar-refractivity contribution in [3.8, 4) is 11.4 Å². The van der Waals surface area contributed by atoms with Crippen molar-refractivity contribution in [3.63, 3.8) is 0 Å². The van der Waals surface area contributed by atoms with Gasteiger partial charge in [0.2, 0.25) is 0 Å². The maximum atomic E-state index is 14.9. The van der Waals surface area contributed by atoms with Crippen molar-refractivity contribution in [3.05, 3.63) is 61.7 Å². The normalized spacial score (nSPS) is 24.2. The fraction of sp³-hybridized carbons (Fsp3) is 0.423. The smallest absolute Gasteiger partial charge is 0.342 e. The van der Waals surface area contributed by atoms with Crippen molar-refractivity contribution in [1.29, 1.82) is 0 Å². The lowest BCUT2D eigenvalue weighted by molar-refractivity contribution is -0.169. The zero-order valence-electron chi connectivity index (χ0n) is 19.8. The molecule has 3 aliphatic rings. The van der Waals surface area contributed by atoms with Gasteiger partial charge in [0.15, 0.2) is 5.60 Å². The average Bonchev–Trinajstić information content (AvgIpc) is 3.18. The highest BCUT2D eigenvalue weighted by Crippen LogP contribution is 2.47. The fourth-order valence-corrected chi connectivity index (χ4v) is 6.07. The van der Waals surface area contributed by atoms with Crippen molar-refractivity contribution in [2.45, 2.75) is 57.9 Å². The summed E-state index contributed by atoms with van der Waals surface area (Å²) in [6.07, 6.45) is 1.35. The molecule has 0 spiro atoms. The number of aliphatic hydroxyl groups excluding tert-OH is 1. The van der Waals surface area contributed by atoms with E-state index < -0.39 is 17.1 Å². The predicted octanol–water partition coefficient (Wildman–Crippen LogP) is 1.88. The maximum absolute atomic E-state index is 14.9. The summed E-state index contributed by atoms with van der Waals surface area (Å²) in [7, 11) is 0. The number of aryl methyl sites for hydroxylation is 1. The Morgan fingerprint density at radius 2 is 2.00 bits per heavy atom. The second-order valence-electron chi connectivity index (χ2n) is 10.1. The third-order valence-electron chi connectivity index (χ3n) is 7.98. The zero-order chi connectivity index (χ0) is 24.9. The number of aliphatic hydroxyl groups is 2. The number of hydrogen-bond donors (Lipinski definition) is 3. The van der Waals surface area contributed by atoms with E-state index in [0.29, 0.717) is 41.9 Å². The van der Waals surface area contributed by atoms with Crippen molar-refractivity contribution in [1.82, 2.24) is 14.9 Å². The lowest BCUT2D eigenvalue weighted by atomic mass is 9.74. The van der Waals surface area contributed by atoms with Crippen LogP contribution in [0.4, 0.5) is 4.39 Å². The molecule has 1 aromatic carbocycles. The molecule has 0 saturated heterocycles. The van der Waals surface area contributed by atoms with Crippen LogP contribution in [0.5, 0.6) is 0 Å². The molecule has 1 aliphatic carbocycles. The van der Waals surface area contributed by atoms with Gasteiger partial charge in [-0.25, -0.2) is 14.2 Å². The van der Waals surface area contributed by atoms with Gasteiger partial charge in [-0.15, -0.1) is 0 Å². The van der Waals surface area contributed by atoms with Crippen LogP contribution in [0.2, 0.25) is 0 Å². The Balaban J connectivity index is 1.69. The Labute approximate surface area is 200 Å². The number of esters is 1. The molecule has 2 aromatic heterocycles. The Kier molecular flexibility index (Phi) is 4.59. The Morgan fingerprint density at radius 1 is 1.23 bits per heavy atom. The molecule has 2 aliphatic heterocycles. The van der Waals surface area contributed by atoms with Gasteiger partial charge in [0, 0.05) is 34.7 Å². The van der Waals surface area contributed by atoms with Crippen molar-refractivity contribution < 1.29 is 24.1 Å². The van der Waals surface area contributed by atoms with Gasteiger partial charge in [-0.2, -0.15) is 0 Å². The second kappa shape index (κ2) is 7.19. The number of fused-ring (bicyclic) bond motifs is 5. The third-order valence-corrected chi connectivity index (χ3v) is 7.98. The molecular formula is C26H26FN3O5. The first-order valence-electron chi connectivity index (χ1n) is 11.8. The Hall–Kier alpha value is -3.14. The number of nitrogens with one attached hydrogen (secondary N) is 1. The zero-order valence-corrected chi connectivity index (χ0v) is 19.8. The van der Waals surface area contributed by atoms with Crippen molar-refractivity contribution in [2.24, 2.45) is 0 Å². The first-order chi connectivity index (χ1) is 16.6. The second-order valence-corrected chi connectivity index (χ2v) is 10.1. The molecule has 35 heavy (non-hydrogen) atoms. The Morgan fingerprint density at radius 3 is 2.74 bits per heavy atom. The minimum Gasteiger partial charge on any atom is -0.458 e. The first kappa shape index (κ1) is 22.3. The van der Waals surface area contributed by atoms with E-state index in [2.05, 4.69) is 12.2 Å². The minimum absolute atomic E-state index is 0.0309. The molecule has 3 N–H and O–H groups in total. The van der Waals surface area contributed by atoms with E-state index in [9.17, 15) is 24.2 Å². The van der Waals surface area contributed by atoms with E-state index in [1.165, 1.54) is 13.0 Å². The van der Waals surface area contributed by atoms with Gasteiger partial charge in [-0.3, -0.25) is 4.79 Å². The van der Waals surface area contributed by atoms with Crippen LogP contribution in [0.15, 0.2) is 16.9 Å². The molecule has 4 heterocycles. The van der Waals surface area contributed by atoms with E-state index in [0.717, 1.165) is 22.1 Å². The summed E-state index contributed by atoms with van der Waals surface area (Å²) in [5, 5.41) is 24.7. The summed E-state index contributed by atoms with van der Waals surface area (Å²) in [5.74, 6) is -1.14. The third kappa shape index (κ3) is 2.86. The highest BCUT2D eigenvalue weighted by molar-refractivity contribution is 5.93. The van der Waals surface area contributed by atoms with Gasteiger partial charge in [-0.05, 0) is 56.4 Å². The van der Waals surface area contributed by atoms with E-state index in [1.54, 1.807) is 17.6 Å². The van der Waals surface area contributed by atoms with Crippen LogP contribution in [-0.4, -0.2) is 38.9 Å². The van der Waals surface area contributed by atoms with E-state index in [-0.39, 0.29) is 42.3 Å². The lowest BCUT2D eigenvalue weighted by Gasteiger charge is -2.38. The minimum atomic E-state index is -1.95.